The molecule has 0 bridgehead atoms. The number of nitrogens with zero attached hydrogens (tertiary/aromatic N) is 1. The Labute approximate surface area is 162 Å². The molecular formula is C22H32N2O3. The smallest absolute Gasteiger partial charge is 0.225 e. The lowest BCUT2D eigenvalue weighted by Gasteiger charge is -2.41. The maximum absolute atomic E-state index is 13.2. The van der Waals surface area contributed by atoms with E-state index < -0.39 is 0 Å². The molecule has 5 heteroatoms. The van der Waals surface area contributed by atoms with E-state index in [1.165, 1.54) is 12.8 Å². The van der Waals surface area contributed by atoms with Gasteiger partial charge in [-0.2, -0.15) is 0 Å². The molecule has 5 nitrogen and oxygen atoms in total. The number of carbonyl (C=O) groups is 2. The van der Waals surface area contributed by atoms with Crippen LogP contribution in [0.15, 0.2) is 24.3 Å². The first-order valence-corrected chi connectivity index (χ1v) is 10.4. The molecule has 2 aliphatic rings. The molecule has 1 aromatic rings. The molecule has 2 atom stereocenters. The number of amides is 2. The third-order valence-electron chi connectivity index (χ3n) is 5.95. The topological polar surface area (TPSA) is 58.6 Å². The van der Waals surface area contributed by atoms with E-state index in [-0.39, 0.29) is 29.8 Å². The molecule has 1 aliphatic carbocycles. The third kappa shape index (κ3) is 4.45. The Morgan fingerprint density at radius 2 is 1.96 bits per heavy atom. The van der Waals surface area contributed by atoms with Crippen LogP contribution in [-0.4, -0.2) is 36.4 Å². The van der Waals surface area contributed by atoms with Crippen LogP contribution in [0.2, 0.25) is 0 Å². The molecule has 1 aliphatic heterocycles. The Morgan fingerprint density at radius 1 is 1.22 bits per heavy atom. The first kappa shape index (κ1) is 19.7. The SMILES string of the molecule is CCCCN1C(=O)CC[C@@H](C(=O)NC2CCCC2)[C@@H]1c1ccccc1OC. The van der Waals surface area contributed by atoms with Crippen LogP contribution in [0.4, 0.5) is 0 Å². The van der Waals surface area contributed by atoms with Crippen molar-refractivity contribution in [1.29, 1.82) is 0 Å². The van der Waals surface area contributed by atoms with E-state index in [0.29, 0.717) is 19.4 Å². The van der Waals surface area contributed by atoms with Crippen molar-refractivity contribution in [2.45, 2.75) is 70.4 Å². The summed E-state index contributed by atoms with van der Waals surface area (Å²) in [5, 5.41) is 3.26. The quantitative estimate of drug-likeness (QED) is 0.791. The zero-order valence-corrected chi connectivity index (χ0v) is 16.6. The zero-order valence-electron chi connectivity index (χ0n) is 16.6. The number of hydrogen-bond donors (Lipinski definition) is 1. The summed E-state index contributed by atoms with van der Waals surface area (Å²) in [6.45, 7) is 2.81. The van der Waals surface area contributed by atoms with Crippen LogP contribution >= 0.6 is 0 Å². The van der Waals surface area contributed by atoms with E-state index >= 15 is 0 Å². The molecule has 1 aromatic carbocycles. The Hall–Kier alpha value is -2.04. The molecular weight excluding hydrogens is 340 g/mol. The Morgan fingerprint density at radius 3 is 2.67 bits per heavy atom. The Balaban J connectivity index is 1.91. The summed E-state index contributed by atoms with van der Waals surface area (Å²) in [7, 11) is 1.65. The van der Waals surface area contributed by atoms with E-state index in [0.717, 1.165) is 37.0 Å². The van der Waals surface area contributed by atoms with Gasteiger partial charge in [0.1, 0.15) is 5.75 Å². The Bertz CT molecular complexity index is 655. The number of nitrogens with one attached hydrogen (secondary N) is 1. The summed E-state index contributed by atoms with van der Waals surface area (Å²) >= 11 is 0. The van der Waals surface area contributed by atoms with Gasteiger partial charge in [-0.15, -0.1) is 0 Å². The van der Waals surface area contributed by atoms with Crippen molar-refractivity contribution < 1.29 is 14.3 Å². The highest BCUT2D eigenvalue weighted by Crippen LogP contribution is 2.41. The van der Waals surface area contributed by atoms with Gasteiger partial charge in [0.25, 0.3) is 0 Å². The normalized spacial score (nSPS) is 23.5. The number of piperidine rings is 1. The maximum atomic E-state index is 13.2. The second-order valence-corrected chi connectivity index (χ2v) is 7.76. The summed E-state index contributed by atoms with van der Waals surface area (Å²) < 4.78 is 5.58. The number of likely N-dealkylation sites (tertiary alicyclic amines) is 1. The van der Waals surface area contributed by atoms with E-state index in [9.17, 15) is 9.59 Å². The molecule has 1 N–H and O–H groups in total. The number of benzene rings is 1. The summed E-state index contributed by atoms with van der Waals surface area (Å²) in [4.78, 5) is 27.8. The second-order valence-electron chi connectivity index (χ2n) is 7.76. The van der Waals surface area contributed by atoms with E-state index in [2.05, 4.69) is 12.2 Å². The van der Waals surface area contributed by atoms with Crippen molar-refractivity contribution in [2.75, 3.05) is 13.7 Å². The molecule has 1 saturated heterocycles. The number of methoxy groups -OCH3 is 1. The van der Waals surface area contributed by atoms with Crippen molar-refractivity contribution in [1.82, 2.24) is 10.2 Å². The monoisotopic (exact) mass is 372 g/mol. The van der Waals surface area contributed by atoms with Gasteiger partial charge in [-0.1, -0.05) is 44.4 Å². The summed E-state index contributed by atoms with van der Waals surface area (Å²) in [5.41, 5.74) is 0.940. The molecule has 3 rings (SSSR count). The molecule has 0 radical (unpaired) electrons. The minimum atomic E-state index is -0.254. The third-order valence-corrected chi connectivity index (χ3v) is 5.95. The summed E-state index contributed by atoms with van der Waals surface area (Å²) in [6, 6.07) is 7.83. The number of unbranched alkanes of at least 4 members (excludes halogenated alkanes) is 1. The molecule has 0 unspecified atom stereocenters. The average molecular weight is 373 g/mol. The highest BCUT2D eigenvalue weighted by Gasteiger charge is 2.42. The number of para-hydroxylation sites is 1. The molecule has 2 amide bonds. The molecule has 2 fully saturated rings. The minimum absolute atomic E-state index is 0.0896. The zero-order chi connectivity index (χ0) is 19.2. The van der Waals surface area contributed by atoms with Gasteiger partial charge >= 0.3 is 0 Å². The minimum Gasteiger partial charge on any atom is -0.496 e. The lowest BCUT2D eigenvalue weighted by Crippen LogP contribution is -2.49. The lowest BCUT2D eigenvalue weighted by atomic mass is 9.82. The maximum Gasteiger partial charge on any atom is 0.225 e. The average Bonchev–Trinajstić information content (AvgIpc) is 3.19. The molecule has 27 heavy (non-hydrogen) atoms. The number of ether oxygens (including phenoxy) is 1. The Kier molecular flexibility index (Phi) is 6.75. The molecule has 0 aromatic heterocycles. The van der Waals surface area contributed by atoms with Crippen molar-refractivity contribution in [3.63, 3.8) is 0 Å². The van der Waals surface area contributed by atoms with Gasteiger partial charge in [-0.25, -0.2) is 0 Å². The number of carbonyl (C=O) groups excluding carboxylic acids is 2. The van der Waals surface area contributed by atoms with E-state index in [4.69, 9.17) is 4.74 Å². The number of rotatable bonds is 7. The predicted molar refractivity (Wildman–Crippen MR) is 105 cm³/mol. The fourth-order valence-corrected chi connectivity index (χ4v) is 4.49. The van der Waals surface area contributed by atoms with Gasteiger partial charge in [0.2, 0.25) is 11.8 Å². The van der Waals surface area contributed by atoms with Crippen molar-refractivity contribution >= 4 is 11.8 Å². The standard InChI is InChI=1S/C22H32N2O3/c1-3-4-15-24-20(25)14-13-18(22(26)23-16-9-5-6-10-16)21(24)17-11-7-8-12-19(17)27-2/h7-8,11-12,16,18,21H,3-6,9-10,13-15H2,1-2H3,(H,23,26)/t18-,21+/m1/s1. The van der Waals surface area contributed by atoms with Crippen LogP contribution in [0.25, 0.3) is 0 Å². The van der Waals surface area contributed by atoms with Gasteiger partial charge in [0.15, 0.2) is 0 Å². The molecule has 1 saturated carbocycles. The summed E-state index contributed by atoms with van der Waals surface area (Å²) in [6.07, 6.45) is 7.50. The van der Waals surface area contributed by atoms with Gasteiger partial charge < -0.3 is 15.0 Å². The van der Waals surface area contributed by atoms with Gasteiger partial charge in [-0.05, 0) is 31.7 Å². The van der Waals surface area contributed by atoms with Crippen LogP contribution in [-0.2, 0) is 9.59 Å². The summed E-state index contributed by atoms with van der Waals surface area (Å²) in [5.74, 6) is 0.755. The van der Waals surface area contributed by atoms with Gasteiger partial charge in [0.05, 0.1) is 19.1 Å². The van der Waals surface area contributed by atoms with Gasteiger partial charge in [-0.3, -0.25) is 9.59 Å². The van der Waals surface area contributed by atoms with E-state index in [1.807, 2.05) is 29.2 Å². The van der Waals surface area contributed by atoms with Crippen LogP contribution in [0.1, 0.15) is 69.9 Å². The fraction of sp³-hybridized carbons (Fsp3) is 0.636. The highest BCUT2D eigenvalue weighted by molar-refractivity contribution is 5.85. The fourth-order valence-electron chi connectivity index (χ4n) is 4.49. The van der Waals surface area contributed by atoms with Crippen molar-refractivity contribution in [3.05, 3.63) is 29.8 Å². The van der Waals surface area contributed by atoms with Crippen LogP contribution < -0.4 is 10.1 Å². The van der Waals surface area contributed by atoms with E-state index in [1.54, 1.807) is 7.11 Å². The predicted octanol–water partition coefficient (Wildman–Crippen LogP) is 3.83. The van der Waals surface area contributed by atoms with Crippen LogP contribution in [0.3, 0.4) is 0 Å². The molecule has 148 valence electrons. The van der Waals surface area contributed by atoms with Gasteiger partial charge in [0, 0.05) is 24.6 Å². The highest BCUT2D eigenvalue weighted by atomic mass is 16.5. The molecule has 0 spiro atoms. The lowest BCUT2D eigenvalue weighted by molar-refractivity contribution is -0.143. The second kappa shape index (κ2) is 9.25. The van der Waals surface area contributed by atoms with Crippen molar-refractivity contribution in [3.8, 4) is 5.75 Å². The van der Waals surface area contributed by atoms with Crippen molar-refractivity contribution in [2.24, 2.45) is 5.92 Å². The number of hydrogen-bond acceptors (Lipinski definition) is 3. The van der Waals surface area contributed by atoms with Crippen LogP contribution in [0, 0.1) is 5.92 Å². The first-order valence-electron chi connectivity index (χ1n) is 10.4. The van der Waals surface area contributed by atoms with Crippen LogP contribution in [0.5, 0.6) is 5.75 Å². The largest absolute Gasteiger partial charge is 0.496 e. The first-order chi connectivity index (χ1) is 13.2. The molecule has 1 heterocycles.